The molecule has 2 atom stereocenters. The molecule has 0 fully saturated rings. The third-order valence-corrected chi connectivity index (χ3v) is 3.17. The van der Waals surface area contributed by atoms with Gasteiger partial charge in [-0.1, -0.05) is 0 Å². The van der Waals surface area contributed by atoms with Crippen LogP contribution in [-0.4, -0.2) is 40.1 Å². The maximum atomic E-state index is 11.1. The zero-order valence-corrected chi connectivity index (χ0v) is 10.6. The number of hydrogen-bond donors (Lipinski definition) is 2. The van der Waals surface area contributed by atoms with Crippen LogP contribution in [0.1, 0.15) is 13.3 Å². The van der Waals surface area contributed by atoms with Crippen LogP contribution in [0.5, 0.6) is 0 Å². The molecule has 0 heterocycles. The van der Waals surface area contributed by atoms with Crippen LogP contribution in [0.2, 0.25) is 0 Å². The van der Waals surface area contributed by atoms with Crippen molar-refractivity contribution in [3.8, 4) is 0 Å². The molecule has 0 amide bonds. The SMILES string of the molecule is [3H][I-]SC(=O)C[C@H](O)C(=O)O[C@@H](C)C(=O)O. The predicted octanol–water partition coefficient (Wildman–Crippen LogP) is -3.79. The second kappa shape index (κ2) is 7.01. The van der Waals surface area contributed by atoms with Crippen molar-refractivity contribution in [1.29, 1.82) is 0.594 Å². The van der Waals surface area contributed by atoms with Crippen molar-refractivity contribution < 1.29 is 50.3 Å². The first-order valence-electron chi connectivity index (χ1n) is 4.19. The van der Waals surface area contributed by atoms with E-state index in [1.807, 2.05) is 0 Å². The van der Waals surface area contributed by atoms with Gasteiger partial charge in [-0.15, -0.1) is 0 Å². The fourth-order valence-electron chi connectivity index (χ4n) is 0.576. The molecule has 0 saturated carbocycles. The van der Waals surface area contributed by atoms with Crippen molar-refractivity contribution in [3.05, 3.63) is 0 Å². The molecule has 6 nitrogen and oxygen atoms in total. The monoisotopic (exact) mass is 351 g/mol. The summed E-state index contributed by atoms with van der Waals surface area (Å²) in [6.07, 6.45) is -3.50. The molecule has 0 bridgehead atoms. The molecule has 15 heavy (non-hydrogen) atoms. The van der Waals surface area contributed by atoms with E-state index in [1.54, 1.807) is 0 Å². The van der Waals surface area contributed by atoms with Gasteiger partial charge in [0.05, 0.1) is 0 Å². The summed E-state index contributed by atoms with van der Waals surface area (Å²) in [5, 5.41) is 17.1. The van der Waals surface area contributed by atoms with E-state index in [9.17, 15) is 19.5 Å². The summed E-state index contributed by atoms with van der Waals surface area (Å²) < 4.78 is 11.2. The van der Waals surface area contributed by atoms with Gasteiger partial charge in [-0.3, -0.25) is 0 Å². The van der Waals surface area contributed by atoms with Gasteiger partial charge < -0.3 is 0 Å². The molecule has 8 heteroatoms. The average molecular weight is 351 g/mol. The number of ether oxygens (including phenoxy) is 1. The van der Waals surface area contributed by atoms with Gasteiger partial charge in [0.15, 0.2) is 0 Å². The van der Waals surface area contributed by atoms with Crippen LogP contribution < -0.4 is 21.0 Å². The van der Waals surface area contributed by atoms with Gasteiger partial charge >= 0.3 is 102 Å². The van der Waals surface area contributed by atoms with Crippen LogP contribution >= 0.6 is 8.93 Å². The fraction of sp³-hybridized carbons (Fsp3) is 0.571. The zero-order valence-electron chi connectivity index (χ0n) is 8.68. The van der Waals surface area contributed by atoms with E-state index in [-0.39, 0.29) is 0 Å². The predicted molar refractivity (Wildman–Crippen MR) is 47.8 cm³/mol. The molecule has 88 valence electrons. The van der Waals surface area contributed by atoms with E-state index < -0.39 is 56.7 Å². The third kappa shape index (κ3) is 5.95. The number of aliphatic hydroxyl groups is 1. The average Bonchev–Trinajstić information content (AvgIpc) is 2.17. The van der Waals surface area contributed by atoms with E-state index in [4.69, 9.17) is 5.70 Å². The van der Waals surface area contributed by atoms with Crippen molar-refractivity contribution in [3.63, 3.8) is 0 Å². The number of carboxylic acids is 1. The third-order valence-electron chi connectivity index (χ3n) is 1.36. The van der Waals surface area contributed by atoms with Crippen LogP contribution in [0.4, 0.5) is 0 Å². The van der Waals surface area contributed by atoms with Gasteiger partial charge in [0.2, 0.25) is 0 Å². The Balaban J connectivity index is 4.08. The molecule has 0 saturated heterocycles. The molecule has 0 spiro atoms. The topological polar surface area (TPSA) is 101 Å². The number of aliphatic hydroxyl groups excluding tert-OH is 1. The Morgan fingerprint density at radius 3 is 2.67 bits per heavy atom. The van der Waals surface area contributed by atoms with Gasteiger partial charge in [-0.05, 0) is 0 Å². The Morgan fingerprint density at radius 1 is 1.60 bits per heavy atom. The number of hydrogen-bond acceptors (Lipinski definition) is 6. The van der Waals surface area contributed by atoms with Crippen molar-refractivity contribution in [2.24, 2.45) is 0 Å². The van der Waals surface area contributed by atoms with E-state index in [0.29, 0.717) is 0 Å². The molecule has 0 aromatic heterocycles. The number of carbonyl (C=O) groups excluding carboxylic acids is 2. The molecular weight excluding hydrogens is 339 g/mol. The Kier molecular flexibility index (Phi) is 5.95. The normalized spacial score (nSPS) is 15.2. The van der Waals surface area contributed by atoms with E-state index in [0.717, 1.165) is 15.9 Å². The van der Waals surface area contributed by atoms with Crippen LogP contribution in [0.15, 0.2) is 0 Å². The Labute approximate surface area is 102 Å². The van der Waals surface area contributed by atoms with Gasteiger partial charge in [0.25, 0.3) is 0 Å². The summed E-state index contributed by atoms with van der Waals surface area (Å²) in [6.45, 7) is 1.14. The number of rotatable bonds is 6. The standard InChI is InChI=1S/C7H10IO6S/c1-3(6(11)12)14-7(13)4(9)2-5(10)15-8/h3-4,8-9H,2H2,1H3,(H,11,12)/q-1/t3-,4-/m0/s1/i8T. The first-order valence-corrected chi connectivity index (χ1v) is 7.17. The quantitative estimate of drug-likeness (QED) is 0.374. The molecule has 0 aliphatic heterocycles. The van der Waals surface area contributed by atoms with Crippen molar-refractivity contribution >= 4 is 26.0 Å². The number of aliphatic carboxylic acids is 1. The molecule has 2 N–H and O–H groups in total. The number of carboxylic acid groups (broad SMARTS) is 1. The second-order valence-electron chi connectivity index (χ2n) is 2.59. The molecule has 0 aliphatic carbocycles. The molecule has 0 aromatic rings. The van der Waals surface area contributed by atoms with Gasteiger partial charge in [-0.25, -0.2) is 0 Å². The molecule has 0 aromatic carbocycles. The summed E-state index contributed by atoms with van der Waals surface area (Å²) >= 11 is -1.05. The van der Waals surface area contributed by atoms with Crippen LogP contribution in [0.25, 0.3) is 0 Å². The number of carbonyl (C=O) groups is 3. The molecule has 0 radical (unpaired) electrons. The first-order chi connectivity index (χ1) is 7.38. The maximum absolute atomic E-state index is 11.1. The van der Waals surface area contributed by atoms with Crippen molar-refractivity contribution in [1.82, 2.24) is 0 Å². The zero-order chi connectivity index (χ0) is 12.7. The second-order valence-corrected chi connectivity index (χ2v) is 4.52. The molecular formula is C7H10IO6S-. The van der Waals surface area contributed by atoms with E-state index >= 15 is 0 Å². The number of halogens is 1. The number of esters is 1. The molecule has 0 unspecified atom stereocenters. The molecule has 0 rings (SSSR count). The van der Waals surface area contributed by atoms with Crippen LogP contribution in [0, 0.1) is 0 Å². The van der Waals surface area contributed by atoms with Gasteiger partial charge in [0, 0.05) is 0 Å². The Hall–Kier alpha value is -0.350. The summed E-state index contributed by atoms with van der Waals surface area (Å²) in [4.78, 5) is 32.4. The Morgan fingerprint density at radius 2 is 2.20 bits per heavy atom. The van der Waals surface area contributed by atoms with Crippen LogP contribution in [-0.2, 0) is 19.1 Å². The molecule has 0 aliphatic rings. The van der Waals surface area contributed by atoms with Crippen molar-refractivity contribution in [2.45, 2.75) is 25.6 Å². The van der Waals surface area contributed by atoms with Gasteiger partial charge in [0.1, 0.15) is 0 Å². The van der Waals surface area contributed by atoms with E-state index in [2.05, 4.69) is 4.74 Å². The summed E-state index contributed by atoms with van der Waals surface area (Å²) in [5.41, 5.74) is 0. The fourth-order valence-corrected chi connectivity index (χ4v) is 1.34. The van der Waals surface area contributed by atoms with Crippen molar-refractivity contribution in [2.75, 3.05) is 0 Å². The summed E-state index contributed by atoms with van der Waals surface area (Å²) in [7, 11) is 0.756. The summed E-state index contributed by atoms with van der Waals surface area (Å²) in [5.74, 6) is -2.48. The summed E-state index contributed by atoms with van der Waals surface area (Å²) in [6, 6.07) is 0. The first kappa shape index (κ1) is 12.7. The van der Waals surface area contributed by atoms with E-state index in [1.165, 1.54) is 0 Å². The minimum atomic E-state index is -1.67. The minimum absolute atomic E-state index is 0.464. The Bertz CT molecular complexity index is 286. The van der Waals surface area contributed by atoms with Gasteiger partial charge in [-0.2, -0.15) is 0 Å². The van der Waals surface area contributed by atoms with Crippen LogP contribution in [0.3, 0.4) is 0 Å².